The Morgan fingerprint density at radius 3 is 2.71 bits per heavy atom. The smallest absolute Gasteiger partial charge is 0.318 e. The van der Waals surface area contributed by atoms with E-state index in [9.17, 15) is 9.90 Å². The van der Waals surface area contributed by atoms with Gasteiger partial charge in [0, 0.05) is 0 Å². The third-order valence-corrected chi connectivity index (χ3v) is 3.73. The van der Waals surface area contributed by atoms with Gasteiger partial charge in [-0.05, 0) is 23.5 Å². The molecule has 1 fully saturated rings. The number of hydrogen-bond donors (Lipinski definition) is 1. The molecule has 0 unspecified atom stereocenters. The van der Waals surface area contributed by atoms with Gasteiger partial charge in [0.05, 0.1) is 13.2 Å². The summed E-state index contributed by atoms with van der Waals surface area (Å²) >= 11 is 0. The number of aliphatic carboxylic acids is 1. The molecule has 0 amide bonds. The van der Waals surface area contributed by atoms with Crippen LogP contribution < -0.4 is 0 Å². The zero-order chi connectivity index (χ0) is 12.5. The van der Waals surface area contributed by atoms with E-state index in [0.29, 0.717) is 5.92 Å². The molecule has 1 aliphatic rings. The van der Waals surface area contributed by atoms with Crippen molar-refractivity contribution >= 4 is 5.97 Å². The molecule has 1 aromatic carbocycles. The maximum absolute atomic E-state index is 11.4. The van der Waals surface area contributed by atoms with Crippen molar-refractivity contribution in [2.75, 3.05) is 13.2 Å². The third-order valence-electron chi connectivity index (χ3n) is 3.73. The SMILES string of the molecule is CC[C@@H](C)c1cccc(C2(C(=O)O)COC2)c1. The molecule has 0 radical (unpaired) electrons. The largest absolute Gasteiger partial charge is 0.480 e. The highest BCUT2D eigenvalue weighted by atomic mass is 16.5. The van der Waals surface area contributed by atoms with Gasteiger partial charge in [0.1, 0.15) is 5.41 Å². The molecule has 0 bridgehead atoms. The lowest BCUT2D eigenvalue weighted by Gasteiger charge is -2.38. The van der Waals surface area contributed by atoms with E-state index in [2.05, 4.69) is 19.9 Å². The molecular formula is C14H18O3. The van der Waals surface area contributed by atoms with Crippen LogP contribution in [0.5, 0.6) is 0 Å². The van der Waals surface area contributed by atoms with E-state index in [4.69, 9.17) is 4.74 Å². The fourth-order valence-electron chi connectivity index (χ4n) is 2.10. The number of ether oxygens (including phenoxy) is 1. The molecule has 17 heavy (non-hydrogen) atoms. The summed E-state index contributed by atoms with van der Waals surface area (Å²) in [6, 6.07) is 7.92. The number of carboxylic acid groups (broad SMARTS) is 1. The lowest BCUT2D eigenvalue weighted by molar-refractivity contribution is -0.163. The van der Waals surface area contributed by atoms with Crippen LogP contribution in [-0.4, -0.2) is 24.3 Å². The van der Waals surface area contributed by atoms with Gasteiger partial charge in [-0.3, -0.25) is 4.79 Å². The number of rotatable bonds is 4. The average Bonchev–Trinajstić information content (AvgIpc) is 2.26. The van der Waals surface area contributed by atoms with Crippen LogP contribution in [0.25, 0.3) is 0 Å². The van der Waals surface area contributed by atoms with Crippen molar-refractivity contribution < 1.29 is 14.6 Å². The minimum atomic E-state index is -0.816. The summed E-state index contributed by atoms with van der Waals surface area (Å²) in [5, 5.41) is 9.34. The molecule has 1 heterocycles. The highest BCUT2D eigenvalue weighted by Crippen LogP contribution is 2.34. The molecule has 1 aliphatic heterocycles. The highest BCUT2D eigenvalue weighted by molar-refractivity contribution is 5.83. The second kappa shape index (κ2) is 4.49. The van der Waals surface area contributed by atoms with E-state index >= 15 is 0 Å². The van der Waals surface area contributed by atoms with Gasteiger partial charge >= 0.3 is 5.97 Å². The fourth-order valence-corrected chi connectivity index (χ4v) is 2.10. The van der Waals surface area contributed by atoms with Crippen molar-refractivity contribution in [3.8, 4) is 0 Å². The third kappa shape index (κ3) is 1.95. The molecule has 0 aliphatic carbocycles. The summed E-state index contributed by atoms with van der Waals surface area (Å²) in [5.74, 6) is -0.327. The van der Waals surface area contributed by atoms with Crippen molar-refractivity contribution in [2.45, 2.75) is 31.6 Å². The average molecular weight is 234 g/mol. The minimum absolute atomic E-state index is 0.284. The Bertz CT molecular complexity index is 421. The molecule has 0 aromatic heterocycles. The van der Waals surface area contributed by atoms with E-state index in [1.54, 1.807) is 0 Å². The van der Waals surface area contributed by atoms with Crippen LogP contribution in [0.4, 0.5) is 0 Å². The Labute approximate surface area is 101 Å². The predicted molar refractivity (Wildman–Crippen MR) is 65.3 cm³/mol. The Hall–Kier alpha value is -1.35. The second-order valence-corrected chi connectivity index (χ2v) is 4.81. The van der Waals surface area contributed by atoms with E-state index in [1.807, 2.05) is 18.2 Å². The first-order chi connectivity index (χ1) is 8.10. The molecule has 3 nitrogen and oxygen atoms in total. The maximum atomic E-state index is 11.4. The van der Waals surface area contributed by atoms with Gasteiger partial charge in [-0.2, -0.15) is 0 Å². The zero-order valence-corrected chi connectivity index (χ0v) is 10.3. The van der Waals surface area contributed by atoms with Crippen LogP contribution in [0.3, 0.4) is 0 Å². The second-order valence-electron chi connectivity index (χ2n) is 4.81. The standard InChI is InChI=1S/C14H18O3/c1-3-10(2)11-5-4-6-12(7-11)14(13(15)16)8-17-9-14/h4-7,10H,3,8-9H2,1-2H3,(H,15,16)/t10-/m1/s1. The monoisotopic (exact) mass is 234 g/mol. The van der Waals surface area contributed by atoms with Crippen LogP contribution in [0.2, 0.25) is 0 Å². The van der Waals surface area contributed by atoms with Crippen LogP contribution in [0.1, 0.15) is 37.3 Å². The van der Waals surface area contributed by atoms with E-state index in [-0.39, 0.29) is 13.2 Å². The highest BCUT2D eigenvalue weighted by Gasteiger charge is 2.47. The lowest BCUT2D eigenvalue weighted by Crippen LogP contribution is -2.53. The molecule has 3 heteroatoms. The molecule has 1 N–H and O–H groups in total. The summed E-state index contributed by atoms with van der Waals surface area (Å²) in [6.07, 6.45) is 1.06. The van der Waals surface area contributed by atoms with Gasteiger partial charge in [0.25, 0.3) is 0 Å². The Balaban J connectivity index is 2.36. The van der Waals surface area contributed by atoms with Gasteiger partial charge in [-0.15, -0.1) is 0 Å². The molecule has 2 rings (SSSR count). The predicted octanol–water partition coefficient (Wildman–Crippen LogP) is 2.55. The number of carbonyl (C=O) groups is 1. The quantitative estimate of drug-likeness (QED) is 0.870. The van der Waals surface area contributed by atoms with E-state index in [0.717, 1.165) is 12.0 Å². The normalized spacial score (nSPS) is 19.4. The lowest BCUT2D eigenvalue weighted by atomic mass is 9.77. The Morgan fingerprint density at radius 2 is 2.24 bits per heavy atom. The fraction of sp³-hybridized carbons (Fsp3) is 0.500. The Kier molecular flexibility index (Phi) is 3.20. The van der Waals surface area contributed by atoms with Crippen molar-refractivity contribution in [1.82, 2.24) is 0 Å². The Morgan fingerprint density at radius 1 is 1.53 bits per heavy atom. The van der Waals surface area contributed by atoms with Crippen molar-refractivity contribution in [3.63, 3.8) is 0 Å². The van der Waals surface area contributed by atoms with Gasteiger partial charge in [-0.25, -0.2) is 0 Å². The number of benzene rings is 1. The van der Waals surface area contributed by atoms with Crippen molar-refractivity contribution in [2.24, 2.45) is 0 Å². The van der Waals surface area contributed by atoms with Gasteiger partial charge in [0.15, 0.2) is 0 Å². The molecule has 92 valence electrons. The summed E-state index contributed by atoms with van der Waals surface area (Å²) in [6.45, 7) is 4.86. The minimum Gasteiger partial charge on any atom is -0.480 e. The summed E-state index contributed by atoms with van der Waals surface area (Å²) in [7, 11) is 0. The van der Waals surface area contributed by atoms with Gasteiger partial charge < -0.3 is 9.84 Å². The number of hydrogen-bond acceptors (Lipinski definition) is 2. The summed E-state index contributed by atoms with van der Waals surface area (Å²) in [4.78, 5) is 11.4. The van der Waals surface area contributed by atoms with Gasteiger partial charge in [-0.1, -0.05) is 38.1 Å². The topological polar surface area (TPSA) is 46.5 Å². The van der Waals surface area contributed by atoms with E-state index < -0.39 is 11.4 Å². The molecule has 1 atom stereocenters. The van der Waals surface area contributed by atoms with Crippen LogP contribution in [0, 0.1) is 0 Å². The van der Waals surface area contributed by atoms with Gasteiger partial charge in [0.2, 0.25) is 0 Å². The number of carboxylic acids is 1. The molecule has 1 saturated heterocycles. The molecule has 1 aromatic rings. The molecule has 0 spiro atoms. The maximum Gasteiger partial charge on any atom is 0.318 e. The summed E-state index contributed by atoms with van der Waals surface area (Å²) in [5.41, 5.74) is 1.26. The van der Waals surface area contributed by atoms with Crippen molar-refractivity contribution in [3.05, 3.63) is 35.4 Å². The first kappa shape index (κ1) is 12.1. The van der Waals surface area contributed by atoms with Crippen LogP contribution in [-0.2, 0) is 14.9 Å². The summed E-state index contributed by atoms with van der Waals surface area (Å²) < 4.78 is 5.10. The first-order valence-corrected chi connectivity index (χ1v) is 6.01. The molecule has 0 saturated carbocycles. The first-order valence-electron chi connectivity index (χ1n) is 6.01. The van der Waals surface area contributed by atoms with Crippen molar-refractivity contribution in [1.29, 1.82) is 0 Å². The van der Waals surface area contributed by atoms with Crippen LogP contribution in [0.15, 0.2) is 24.3 Å². The zero-order valence-electron chi connectivity index (χ0n) is 10.3. The van der Waals surface area contributed by atoms with E-state index in [1.165, 1.54) is 5.56 Å². The molecular weight excluding hydrogens is 216 g/mol. The van der Waals surface area contributed by atoms with Crippen LogP contribution >= 0.6 is 0 Å².